The number of halogens is 7. The van der Waals surface area contributed by atoms with Crippen LogP contribution in [0.15, 0.2) is 0 Å². The molecule has 0 radical (unpaired) electrons. The monoisotopic (exact) mass is 270 g/mol. The highest BCUT2D eigenvalue weighted by molar-refractivity contribution is 5.99. The van der Waals surface area contributed by atoms with Gasteiger partial charge in [-0.25, -0.2) is 14.0 Å². The summed E-state index contributed by atoms with van der Waals surface area (Å²) in [6.07, 6.45) is -15.9. The lowest BCUT2D eigenvalue weighted by Crippen LogP contribution is -2.66. The van der Waals surface area contributed by atoms with Gasteiger partial charge in [0.2, 0.25) is 0 Å². The van der Waals surface area contributed by atoms with E-state index in [0.717, 1.165) is 0 Å². The van der Waals surface area contributed by atoms with E-state index in [9.17, 15) is 40.3 Å². The number of cyclic esters (lactones) is 2. The maximum absolute atomic E-state index is 12.4. The third kappa shape index (κ3) is 1.89. The van der Waals surface area contributed by atoms with Gasteiger partial charge in [0, 0.05) is 0 Å². The smallest absolute Gasteiger partial charge is 0.404 e. The second kappa shape index (κ2) is 3.47. The van der Waals surface area contributed by atoms with Crippen LogP contribution in [0.4, 0.5) is 30.7 Å². The number of alkyl halides is 7. The molecule has 0 aromatic rings. The number of rotatable bonds is 0. The predicted molar refractivity (Wildman–Crippen MR) is 31.9 cm³/mol. The Labute approximate surface area is 87.3 Å². The molecule has 0 spiro atoms. The van der Waals surface area contributed by atoms with Crippen LogP contribution in [0.5, 0.6) is 0 Å². The summed E-state index contributed by atoms with van der Waals surface area (Å²) in [6, 6.07) is 0. The summed E-state index contributed by atoms with van der Waals surface area (Å²) >= 11 is 0. The summed E-state index contributed by atoms with van der Waals surface area (Å²) in [6.45, 7) is 0. The molecule has 0 bridgehead atoms. The van der Waals surface area contributed by atoms with Crippen molar-refractivity contribution < 1.29 is 49.8 Å². The van der Waals surface area contributed by atoms with Crippen molar-refractivity contribution >= 4 is 11.9 Å². The minimum atomic E-state index is -6.28. The van der Waals surface area contributed by atoms with Gasteiger partial charge in [-0.1, -0.05) is 0 Å². The number of hydrogen-bond acceptors (Lipinski definition) is 4. The van der Waals surface area contributed by atoms with Gasteiger partial charge in [0.15, 0.2) is 0 Å². The zero-order valence-electron chi connectivity index (χ0n) is 7.36. The molecule has 1 rings (SSSR count). The fraction of sp³-hybridized carbons (Fsp3) is 0.667. The standard InChI is InChI=1S/C6HF7O4/c7-1-2(14)16-4(5(8,9)10,6(11,12)13)17-3(1)15/h1H. The van der Waals surface area contributed by atoms with E-state index in [1.54, 1.807) is 0 Å². The first-order valence-electron chi connectivity index (χ1n) is 3.65. The van der Waals surface area contributed by atoms with Crippen LogP contribution in [0, 0.1) is 0 Å². The summed E-state index contributed by atoms with van der Waals surface area (Å²) in [7, 11) is 0. The molecule has 98 valence electrons. The maximum Gasteiger partial charge on any atom is 0.478 e. The van der Waals surface area contributed by atoms with Crippen LogP contribution in [0.3, 0.4) is 0 Å². The van der Waals surface area contributed by atoms with Gasteiger partial charge in [0.1, 0.15) is 0 Å². The van der Waals surface area contributed by atoms with Crippen LogP contribution in [0.2, 0.25) is 0 Å². The average molecular weight is 270 g/mol. The number of carbonyl (C=O) groups is 2. The van der Waals surface area contributed by atoms with E-state index in [0.29, 0.717) is 0 Å². The first kappa shape index (κ1) is 13.5. The van der Waals surface area contributed by atoms with Crippen LogP contribution in [0.1, 0.15) is 0 Å². The molecule has 1 aliphatic heterocycles. The number of hydrogen-bond donors (Lipinski definition) is 0. The molecular formula is C6HF7O4. The molecule has 0 atom stereocenters. The Bertz CT molecular complexity index is 322. The molecule has 4 nitrogen and oxygen atoms in total. The Morgan fingerprint density at radius 2 is 1.18 bits per heavy atom. The summed E-state index contributed by atoms with van der Waals surface area (Å²) < 4.78 is 91.2. The Hall–Kier alpha value is -1.55. The normalized spacial score (nSPS) is 22.1. The first-order chi connectivity index (χ1) is 7.42. The zero-order valence-corrected chi connectivity index (χ0v) is 7.36. The predicted octanol–water partition coefficient (Wildman–Crippen LogP) is 1.25. The topological polar surface area (TPSA) is 52.6 Å². The lowest BCUT2D eigenvalue weighted by molar-refractivity contribution is -0.450. The molecule has 0 saturated carbocycles. The Morgan fingerprint density at radius 1 is 0.882 bits per heavy atom. The first-order valence-corrected chi connectivity index (χ1v) is 3.65. The molecule has 0 aliphatic carbocycles. The van der Waals surface area contributed by atoms with Crippen molar-refractivity contribution in [2.45, 2.75) is 24.3 Å². The molecule has 0 N–H and O–H groups in total. The summed E-state index contributed by atoms with van der Waals surface area (Å²) in [5, 5.41) is 0. The van der Waals surface area contributed by atoms with E-state index in [4.69, 9.17) is 0 Å². The highest BCUT2D eigenvalue weighted by Crippen LogP contribution is 2.48. The summed E-state index contributed by atoms with van der Waals surface area (Å²) in [5.41, 5.74) is 0. The molecular weight excluding hydrogens is 269 g/mol. The molecule has 1 saturated heterocycles. The number of ether oxygens (including phenoxy) is 2. The largest absolute Gasteiger partial charge is 0.478 e. The second-order valence-electron chi connectivity index (χ2n) is 2.82. The minimum absolute atomic E-state index is 2.61. The fourth-order valence-electron chi connectivity index (χ4n) is 0.896. The quantitative estimate of drug-likeness (QED) is 0.377. The highest BCUT2D eigenvalue weighted by Gasteiger charge is 2.80. The molecule has 0 unspecified atom stereocenters. The molecule has 1 heterocycles. The Kier molecular flexibility index (Phi) is 2.76. The number of esters is 2. The second-order valence-corrected chi connectivity index (χ2v) is 2.82. The van der Waals surface area contributed by atoms with Gasteiger partial charge in [-0.05, 0) is 0 Å². The van der Waals surface area contributed by atoms with Crippen LogP contribution in [-0.2, 0) is 19.1 Å². The van der Waals surface area contributed by atoms with Crippen LogP contribution in [-0.4, -0.2) is 36.2 Å². The van der Waals surface area contributed by atoms with E-state index in [-0.39, 0.29) is 0 Å². The lowest BCUT2D eigenvalue weighted by Gasteiger charge is -2.37. The van der Waals surface area contributed by atoms with Gasteiger partial charge in [0.05, 0.1) is 0 Å². The molecule has 0 aromatic heterocycles. The third-order valence-electron chi connectivity index (χ3n) is 1.65. The molecule has 0 aromatic carbocycles. The average Bonchev–Trinajstić information content (AvgIpc) is 2.09. The Balaban J connectivity index is 3.29. The Morgan fingerprint density at radius 3 is 1.41 bits per heavy atom. The van der Waals surface area contributed by atoms with Gasteiger partial charge < -0.3 is 9.47 Å². The summed E-state index contributed by atoms with van der Waals surface area (Å²) in [5.74, 6) is -10.7. The van der Waals surface area contributed by atoms with Gasteiger partial charge in [-0.2, -0.15) is 26.3 Å². The van der Waals surface area contributed by atoms with Crippen molar-refractivity contribution in [3.8, 4) is 0 Å². The lowest BCUT2D eigenvalue weighted by atomic mass is 10.2. The van der Waals surface area contributed by atoms with E-state index in [1.807, 2.05) is 0 Å². The van der Waals surface area contributed by atoms with Gasteiger partial charge in [0.25, 0.3) is 6.17 Å². The maximum atomic E-state index is 12.4. The molecule has 11 heteroatoms. The van der Waals surface area contributed by atoms with Crippen LogP contribution >= 0.6 is 0 Å². The van der Waals surface area contributed by atoms with Crippen molar-refractivity contribution in [3.05, 3.63) is 0 Å². The minimum Gasteiger partial charge on any atom is -0.404 e. The van der Waals surface area contributed by atoms with Gasteiger partial charge in [-0.3, -0.25) is 0 Å². The van der Waals surface area contributed by atoms with Crippen molar-refractivity contribution in [1.82, 2.24) is 0 Å². The van der Waals surface area contributed by atoms with Gasteiger partial charge in [-0.15, -0.1) is 0 Å². The van der Waals surface area contributed by atoms with Crippen LogP contribution in [0.25, 0.3) is 0 Å². The highest BCUT2D eigenvalue weighted by atomic mass is 19.4. The molecule has 0 amide bonds. The third-order valence-corrected chi connectivity index (χ3v) is 1.65. The van der Waals surface area contributed by atoms with E-state index in [1.165, 1.54) is 0 Å². The van der Waals surface area contributed by atoms with Crippen LogP contribution < -0.4 is 0 Å². The SMILES string of the molecule is O=C1OC(C(F)(F)F)(C(F)(F)F)OC(=O)C1F. The zero-order chi connectivity index (χ0) is 13.6. The van der Waals surface area contributed by atoms with Gasteiger partial charge >= 0.3 is 30.1 Å². The van der Waals surface area contributed by atoms with Crippen molar-refractivity contribution in [3.63, 3.8) is 0 Å². The number of carbonyl (C=O) groups excluding carboxylic acids is 2. The summed E-state index contributed by atoms with van der Waals surface area (Å²) in [4.78, 5) is 20.8. The van der Waals surface area contributed by atoms with E-state index in [2.05, 4.69) is 9.47 Å². The van der Waals surface area contributed by atoms with Crippen molar-refractivity contribution in [1.29, 1.82) is 0 Å². The fourth-order valence-corrected chi connectivity index (χ4v) is 0.896. The van der Waals surface area contributed by atoms with Crippen molar-refractivity contribution in [2.24, 2.45) is 0 Å². The molecule has 17 heavy (non-hydrogen) atoms. The van der Waals surface area contributed by atoms with Crippen molar-refractivity contribution in [2.75, 3.05) is 0 Å². The molecule has 1 aliphatic rings. The van der Waals surface area contributed by atoms with E-state index >= 15 is 0 Å². The molecule has 1 fully saturated rings. The van der Waals surface area contributed by atoms with E-state index < -0.39 is 36.2 Å².